The average molecular weight is 227 g/mol. The highest BCUT2D eigenvalue weighted by atomic mass is 19.3. The van der Waals surface area contributed by atoms with Crippen LogP contribution in [0.15, 0.2) is 6.07 Å². The van der Waals surface area contributed by atoms with Gasteiger partial charge in [-0.1, -0.05) is 6.07 Å². The van der Waals surface area contributed by atoms with Crippen LogP contribution in [0.2, 0.25) is 0 Å². The van der Waals surface area contributed by atoms with Gasteiger partial charge in [0.1, 0.15) is 0 Å². The Kier molecular flexibility index (Phi) is 3.38. The molecule has 0 bridgehead atoms. The van der Waals surface area contributed by atoms with Gasteiger partial charge in [-0.2, -0.15) is 8.78 Å². The molecular weight excluding hydrogens is 208 g/mol. The van der Waals surface area contributed by atoms with Crippen LogP contribution >= 0.6 is 0 Å². The van der Waals surface area contributed by atoms with Crippen molar-refractivity contribution in [2.24, 2.45) is 5.73 Å². The molecule has 3 heteroatoms. The van der Waals surface area contributed by atoms with Crippen molar-refractivity contribution in [2.45, 2.75) is 46.6 Å². The zero-order chi connectivity index (χ0) is 12.7. The molecule has 2 N–H and O–H groups in total. The number of alkyl halides is 2. The van der Waals surface area contributed by atoms with E-state index in [2.05, 4.69) is 0 Å². The van der Waals surface area contributed by atoms with Crippen molar-refractivity contribution < 1.29 is 8.78 Å². The molecule has 0 saturated heterocycles. The SMILES string of the molecule is Cc1cc(C)c(C)c(C(F)(F)C(C)N)c1C. The summed E-state index contributed by atoms with van der Waals surface area (Å²) in [6.45, 7) is 8.50. The average Bonchev–Trinajstić information content (AvgIpc) is 2.14. The summed E-state index contributed by atoms with van der Waals surface area (Å²) in [5.41, 5.74) is 8.55. The van der Waals surface area contributed by atoms with Gasteiger partial charge >= 0.3 is 0 Å². The van der Waals surface area contributed by atoms with E-state index in [0.29, 0.717) is 11.1 Å². The van der Waals surface area contributed by atoms with Gasteiger partial charge in [-0.3, -0.25) is 0 Å². The molecule has 16 heavy (non-hydrogen) atoms. The molecule has 0 saturated carbocycles. The van der Waals surface area contributed by atoms with Crippen molar-refractivity contribution >= 4 is 0 Å². The fourth-order valence-corrected chi connectivity index (χ4v) is 1.94. The Morgan fingerprint density at radius 3 is 1.75 bits per heavy atom. The first kappa shape index (κ1) is 13.1. The van der Waals surface area contributed by atoms with Crippen LogP contribution in [0.25, 0.3) is 0 Å². The summed E-state index contributed by atoms with van der Waals surface area (Å²) in [6, 6.07) is 0.761. The number of rotatable bonds is 2. The lowest BCUT2D eigenvalue weighted by Gasteiger charge is -2.26. The number of halogens is 2. The number of hydrogen-bond acceptors (Lipinski definition) is 1. The Balaban J connectivity index is 3.55. The van der Waals surface area contributed by atoms with Crippen molar-refractivity contribution in [3.63, 3.8) is 0 Å². The van der Waals surface area contributed by atoms with Gasteiger partial charge in [0.25, 0.3) is 5.92 Å². The third-order valence-electron chi connectivity index (χ3n) is 3.27. The predicted molar refractivity (Wildman–Crippen MR) is 62.9 cm³/mol. The standard InChI is InChI=1S/C13H19F2N/c1-7-6-8(2)10(4)12(9(7)3)13(14,15)11(5)16/h6,11H,16H2,1-5H3. The molecule has 1 rings (SSSR count). The normalized spacial score (nSPS) is 14.0. The maximum atomic E-state index is 14.0. The van der Waals surface area contributed by atoms with Crippen LogP contribution < -0.4 is 5.73 Å². The Morgan fingerprint density at radius 1 is 1.06 bits per heavy atom. The van der Waals surface area contributed by atoms with E-state index in [0.717, 1.165) is 11.1 Å². The van der Waals surface area contributed by atoms with Crippen LogP contribution in [0.3, 0.4) is 0 Å². The Labute approximate surface area is 95.7 Å². The highest BCUT2D eigenvalue weighted by molar-refractivity contribution is 5.46. The van der Waals surface area contributed by atoms with Crippen molar-refractivity contribution in [1.82, 2.24) is 0 Å². The van der Waals surface area contributed by atoms with Crippen LogP contribution in [0.5, 0.6) is 0 Å². The molecule has 1 unspecified atom stereocenters. The van der Waals surface area contributed by atoms with E-state index in [1.165, 1.54) is 6.92 Å². The van der Waals surface area contributed by atoms with Gasteiger partial charge in [0.15, 0.2) is 0 Å². The topological polar surface area (TPSA) is 26.0 Å². The summed E-state index contributed by atoms with van der Waals surface area (Å²) in [7, 11) is 0. The lowest BCUT2D eigenvalue weighted by Crippen LogP contribution is -2.37. The van der Waals surface area contributed by atoms with Gasteiger partial charge < -0.3 is 5.73 Å². The van der Waals surface area contributed by atoms with E-state index in [9.17, 15) is 8.78 Å². The zero-order valence-corrected chi connectivity index (χ0v) is 10.5. The van der Waals surface area contributed by atoms with Crippen molar-refractivity contribution in [1.29, 1.82) is 0 Å². The van der Waals surface area contributed by atoms with Crippen LogP contribution in [-0.2, 0) is 5.92 Å². The largest absolute Gasteiger partial charge is 0.323 e. The van der Waals surface area contributed by atoms with Gasteiger partial charge in [0, 0.05) is 5.56 Å². The van der Waals surface area contributed by atoms with Gasteiger partial charge in [-0.15, -0.1) is 0 Å². The molecule has 0 aliphatic heterocycles. The van der Waals surface area contributed by atoms with Crippen molar-refractivity contribution in [2.75, 3.05) is 0 Å². The lowest BCUT2D eigenvalue weighted by molar-refractivity contribution is -0.0269. The Bertz CT molecular complexity index is 383. The van der Waals surface area contributed by atoms with E-state index in [-0.39, 0.29) is 5.56 Å². The van der Waals surface area contributed by atoms with Gasteiger partial charge in [-0.05, 0) is 56.9 Å². The Morgan fingerprint density at radius 2 is 1.44 bits per heavy atom. The summed E-state index contributed by atoms with van der Waals surface area (Å²) < 4.78 is 28.1. The van der Waals surface area contributed by atoms with Crippen molar-refractivity contribution in [3.8, 4) is 0 Å². The molecule has 0 aliphatic rings. The van der Waals surface area contributed by atoms with E-state index in [4.69, 9.17) is 5.73 Å². The number of nitrogens with two attached hydrogens (primary N) is 1. The fraction of sp³-hybridized carbons (Fsp3) is 0.538. The van der Waals surface area contributed by atoms with Crippen LogP contribution in [-0.4, -0.2) is 6.04 Å². The third kappa shape index (κ3) is 1.96. The fourth-order valence-electron chi connectivity index (χ4n) is 1.94. The first-order chi connectivity index (χ1) is 7.19. The summed E-state index contributed by atoms with van der Waals surface area (Å²) in [5.74, 6) is -2.97. The van der Waals surface area contributed by atoms with Gasteiger partial charge in [0.2, 0.25) is 0 Å². The van der Waals surface area contributed by atoms with E-state index in [1.807, 2.05) is 19.9 Å². The second-order valence-electron chi connectivity index (χ2n) is 4.55. The molecule has 0 fully saturated rings. The smallest absolute Gasteiger partial charge is 0.288 e. The van der Waals surface area contributed by atoms with Crippen LogP contribution in [0, 0.1) is 27.7 Å². The molecule has 0 amide bonds. The summed E-state index contributed by atoms with van der Waals surface area (Å²) in [5, 5.41) is 0. The summed E-state index contributed by atoms with van der Waals surface area (Å²) in [6.07, 6.45) is 0. The van der Waals surface area contributed by atoms with Gasteiger partial charge in [0.05, 0.1) is 6.04 Å². The second kappa shape index (κ2) is 4.13. The molecule has 1 nitrogen and oxygen atoms in total. The number of benzene rings is 1. The predicted octanol–water partition coefficient (Wildman–Crippen LogP) is 3.36. The molecule has 0 aliphatic carbocycles. The zero-order valence-electron chi connectivity index (χ0n) is 10.5. The monoisotopic (exact) mass is 227 g/mol. The minimum Gasteiger partial charge on any atom is -0.323 e. The Hall–Kier alpha value is -0.960. The third-order valence-corrected chi connectivity index (χ3v) is 3.27. The summed E-state index contributed by atoms with van der Waals surface area (Å²) in [4.78, 5) is 0. The van der Waals surface area contributed by atoms with E-state index >= 15 is 0 Å². The molecule has 1 aromatic carbocycles. The first-order valence-corrected chi connectivity index (χ1v) is 5.40. The van der Waals surface area contributed by atoms with Crippen LogP contribution in [0.4, 0.5) is 8.78 Å². The summed E-state index contributed by atoms with van der Waals surface area (Å²) >= 11 is 0. The second-order valence-corrected chi connectivity index (χ2v) is 4.55. The minimum absolute atomic E-state index is 0.0972. The van der Waals surface area contributed by atoms with Gasteiger partial charge in [-0.25, -0.2) is 0 Å². The maximum Gasteiger partial charge on any atom is 0.288 e. The van der Waals surface area contributed by atoms with Crippen LogP contribution in [0.1, 0.15) is 34.7 Å². The molecule has 1 atom stereocenters. The molecule has 0 radical (unpaired) electrons. The molecule has 0 spiro atoms. The number of aryl methyl sites for hydroxylation is 2. The molecule has 1 aromatic rings. The molecular formula is C13H19F2N. The lowest BCUT2D eigenvalue weighted by atomic mass is 9.88. The minimum atomic E-state index is -2.97. The maximum absolute atomic E-state index is 14.0. The molecule has 0 aromatic heterocycles. The van der Waals surface area contributed by atoms with E-state index < -0.39 is 12.0 Å². The van der Waals surface area contributed by atoms with Crippen molar-refractivity contribution in [3.05, 3.63) is 33.9 Å². The highest BCUT2D eigenvalue weighted by Crippen LogP contribution is 2.37. The highest BCUT2D eigenvalue weighted by Gasteiger charge is 2.39. The quantitative estimate of drug-likeness (QED) is 0.823. The molecule has 90 valence electrons. The van der Waals surface area contributed by atoms with E-state index in [1.54, 1.807) is 13.8 Å². The number of hydrogen-bond donors (Lipinski definition) is 1. The molecule has 0 heterocycles. The first-order valence-electron chi connectivity index (χ1n) is 5.40.